The fourth-order valence-electron chi connectivity index (χ4n) is 1.92. The SMILES string of the molecule is COc1ccc(Nc2c(N)cccc2C(=O)O)c(OC)c1. The molecular weight excluding hydrogens is 272 g/mol. The van der Waals surface area contributed by atoms with Gasteiger partial charge < -0.3 is 25.6 Å². The molecule has 4 N–H and O–H groups in total. The molecule has 0 radical (unpaired) electrons. The maximum absolute atomic E-state index is 11.3. The Hall–Kier alpha value is -2.89. The summed E-state index contributed by atoms with van der Waals surface area (Å²) in [6.07, 6.45) is 0. The van der Waals surface area contributed by atoms with Crippen LogP contribution >= 0.6 is 0 Å². The van der Waals surface area contributed by atoms with Crippen LogP contribution in [0, 0.1) is 0 Å². The van der Waals surface area contributed by atoms with E-state index in [0.29, 0.717) is 28.6 Å². The number of nitrogens with two attached hydrogens (primary N) is 1. The largest absolute Gasteiger partial charge is 0.497 e. The van der Waals surface area contributed by atoms with E-state index in [1.165, 1.54) is 13.2 Å². The Bertz CT molecular complexity index is 671. The first-order valence-electron chi connectivity index (χ1n) is 6.17. The molecule has 110 valence electrons. The minimum Gasteiger partial charge on any atom is -0.497 e. The number of methoxy groups -OCH3 is 2. The van der Waals surface area contributed by atoms with Gasteiger partial charge in [-0.25, -0.2) is 4.79 Å². The third-order valence-corrected chi connectivity index (χ3v) is 3.00. The van der Waals surface area contributed by atoms with Gasteiger partial charge in [0.25, 0.3) is 0 Å². The van der Waals surface area contributed by atoms with Crippen LogP contribution in [-0.4, -0.2) is 25.3 Å². The van der Waals surface area contributed by atoms with Gasteiger partial charge in [0.05, 0.1) is 36.8 Å². The summed E-state index contributed by atoms with van der Waals surface area (Å²) >= 11 is 0. The third-order valence-electron chi connectivity index (χ3n) is 3.00. The van der Waals surface area contributed by atoms with Gasteiger partial charge >= 0.3 is 5.97 Å². The van der Waals surface area contributed by atoms with E-state index in [-0.39, 0.29) is 5.56 Å². The molecule has 2 rings (SSSR count). The molecule has 21 heavy (non-hydrogen) atoms. The zero-order chi connectivity index (χ0) is 15.4. The number of carboxylic acids is 1. The quantitative estimate of drug-likeness (QED) is 0.732. The zero-order valence-electron chi connectivity index (χ0n) is 11.7. The van der Waals surface area contributed by atoms with Crippen LogP contribution in [0.3, 0.4) is 0 Å². The Morgan fingerprint density at radius 2 is 1.95 bits per heavy atom. The maximum atomic E-state index is 11.3. The molecule has 0 saturated heterocycles. The number of para-hydroxylation sites is 1. The summed E-state index contributed by atoms with van der Waals surface area (Å²) in [6.45, 7) is 0. The van der Waals surface area contributed by atoms with Crippen molar-refractivity contribution in [3.8, 4) is 11.5 Å². The highest BCUT2D eigenvalue weighted by Crippen LogP contribution is 2.34. The zero-order valence-corrected chi connectivity index (χ0v) is 11.7. The van der Waals surface area contributed by atoms with Gasteiger partial charge in [0.15, 0.2) is 0 Å². The molecule has 2 aromatic rings. The Labute approximate surface area is 122 Å². The Balaban J connectivity index is 2.45. The molecule has 0 atom stereocenters. The van der Waals surface area contributed by atoms with Crippen molar-refractivity contribution < 1.29 is 19.4 Å². The number of carboxylic acid groups (broad SMARTS) is 1. The fraction of sp³-hybridized carbons (Fsp3) is 0.133. The molecule has 0 fully saturated rings. The first-order chi connectivity index (χ1) is 10.1. The standard InChI is InChI=1S/C15H16N2O4/c1-20-9-6-7-12(13(8-9)21-2)17-14-10(15(18)19)4-3-5-11(14)16/h3-8,17H,16H2,1-2H3,(H,18,19). The van der Waals surface area contributed by atoms with Crippen molar-refractivity contribution in [2.45, 2.75) is 0 Å². The summed E-state index contributed by atoms with van der Waals surface area (Å²) in [4.78, 5) is 11.3. The van der Waals surface area contributed by atoms with Gasteiger partial charge in [-0.3, -0.25) is 0 Å². The molecule has 0 aliphatic heterocycles. The van der Waals surface area contributed by atoms with Gasteiger partial charge in [-0.1, -0.05) is 6.07 Å². The Morgan fingerprint density at radius 3 is 2.57 bits per heavy atom. The number of nitrogen functional groups attached to an aromatic ring is 1. The average Bonchev–Trinajstić information content (AvgIpc) is 2.49. The summed E-state index contributed by atoms with van der Waals surface area (Å²) in [5.74, 6) is 0.100. The van der Waals surface area contributed by atoms with Crippen LogP contribution in [0.1, 0.15) is 10.4 Å². The third kappa shape index (κ3) is 3.00. The van der Waals surface area contributed by atoms with Crippen LogP contribution in [0.25, 0.3) is 0 Å². The van der Waals surface area contributed by atoms with Gasteiger partial charge in [0.2, 0.25) is 0 Å². The number of anilines is 3. The molecule has 6 nitrogen and oxygen atoms in total. The number of hydrogen-bond donors (Lipinski definition) is 3. The summed E-state index contributed by atoms with van der Waals surface area (Å²) in [5.41, 5.74) is 7.22. The minimum atomic E-state index is -1.06. The maximum Gasteiger partial charge on any atom is 0.337 e. The molecule has 0 heterocycles. The molecule has 0 amide bonds. The lowest BCUT2D eigenvalue weighted by atomic mass is 10.1. The van der Waals surface area contributed by atoms with Crippen LogP contribution in [0.5, 0.6) is 11.5 Å². The Morgan fingerprint density at radius 1 is 1.19 bits per heavy atom. The van der Waals surface area contributed by atoms with Crippen LogP contribution < -0.4 is 20.5 Å². The molecule has 0 saturated carbocycles. The van der Waals surface area contributed by atoms with E-state index in [1.54, 1.807) is 37.4 Å². The van der Waals surface area contributed by atoms with Crippen LogP contribution in [0.15, 0.2) is 36.4 Å². The van der Waals surface area contributed by atoms with Crippen molar-refractivity contribution in [3.63, 3.8) is 0 Å². The molecular formula is C15H16N2O4. The van der Waals surface area contributed by atoms with Crippen molar-refractivity contribution in [2.24, 2.45) is 0 Å². The monoisotopic (exact) mass is 288 g/mol. The van der Waals surface area contributed by atoms with Gasteiger partial charge in [0, 0.05) is 6.07 Å². The molecule has 0 aromatic heterocycles. The molecule has 0 unspecified atom stereocenters. The fourth-order valence-corrected chi connectivity index (χ4v) is 1.92. The van der Waals surface area contributed by atoms with Gasteiger partial charge in [-0.2, -0.15) is 0 Å². The van der Waals surface area contributed by atoms with Crippen LogP contribution in [-0.2, 0) is 0 Å². The molecule has 6 heteroatoms. The van der Waals surface area contributed by atoms with Crippen LogP contribution in [0.2, 0.25) is 0 Å². The van der Waals surface area contributed by atoms with E-state index in [9.17, 15) is 9.90 Å². The van der Waals surface area contributed by atoms with Gasteiger partial charge in [-0.15, -0.1) is 0 Å². The highest BCUT2D eigenvalue weighted by atomic mass is 16.5. The topological polar surface area (TPSA) is 93.8 Å². The molecule has 0 aliphatic carbocycles. The highest BCUT2D eigenvalue weighted by Gasteiger charge is 2.14. The predicted octanol–water partition coefficient (Wildman–Crippen LogP) is 2.73. The van der Waals surface area contributed by atoms with Crippen molar-refractivity contribution in [3.05, 3.63) is 42.0 Å². The lowest BCUT2D eigenvalue weighted by Crippen LogP contribution is -2.06. The van der Waals surface area contributed by atoms with Gasteiger partial charge in [-0.05, 0) is 24.3 Å². The summed E-state index contributed by atoms with van der Waals surface area (Å²) in [6, 6.07) is 9.87. The average molecular weight is 288 g/mol. The van der Waals surface area contributed by atoms with E-state index in [4.69, 9.17) is 15.2 Å². The number of ether oxygens (including phenoxy) is 2. The lowest BCUT2D eigenvalue weighted by Gasteiger charge is -2.15. The molecule has 0 bridgehead atoms. The number of carbonyl (C=O) groups is 1. The second-order valence-corrected chi connectivity index (χ2v) is 4.27. The number of rotatable bonds is 5. The summed E-state index contributed by atoms with van der Waals surface area (Å²) in [7, 11) is 3.08. The summed E-state index contributed by atoms with van der Waals surface area (Å²) in [5, 5.41) is 12.2. The van der Waals surface area contributed by atoms with E-state index < -0.39 is 5.97 Å². The molecule has 2 aromatic carbocycles. The minimum absolute atomic E-state index is 0.0906. The van der Waals surface area contributed by atoms with Gasteiger partial charge in [0.1, 0.15) is 11.5 Å². The normalized spacial score (nSPS) is 10.0. The first-order valence-corrected chi connectivity index (χ1v) is 6.17. The first kappa shape index (κ1) is 14.5. The van der Waals surface area contributed by atoms with E-state index >= 15 is 0 Å². The number of aromatic carboxylic acids is 1. The number of benzene rings is 2. The molecule has 0 spiro atoms. The van der Waals surface area contributed by atoms with Crippen LogP contribution in [0.4, 0.5) is 17.1 Å². The lowest BCUT2D eigenvalue weighted by molar-refractivity contribution is 0.0698. The smallest absolute Gasteiger partial charge is 0.337 e. The van der Waals surface area contributed by atoms with Crippen molar-refractivity contribution in [1.29, 1.82) is 0 Å². The molecule has 0 aliphatic rings. The second-order valence-electron chi connectivity index (χ2n) is 4.27. The Kier molecular flexibility index (Phi) is 4.18. The number of nitrogens with one attached hydrogen (secondary N) is 1. The van der Waals surface area contributed by atoms with Crippen molar-refractivity contribution in [2.75, 3.05) is 25.3 Å². The predicted molar refractivity (Wildman–Crippen MR) is 80.6 cm³/mol. The summed E-state index contributed by atoms with van der Waals surface area (Å²) < 4.78 is 10.4. The van der Waals surface area contributed by atoms with E-state index in [0.717, 1.165) is 0 Å². The van der Waals surface area contributed by atoms with E-state index in [1.807, 2.05) is 0 Å². The van der Waals surface area contributed by atoms with E-state index in [2.05, 4.69) is 5.32 Å². The van der Waals surface area contributed by atoms with Crippen molar-refractivity contribution >= 4 is 23.0 Å². The highest BCUT2D eigenvalue weighted by molar-refractivity contribution is 5.99. The van der Waals surface area contributed by atoms with Crippen molar-refractivity contribution in [1.82, 2.24) is 0 Å². The second kappa shape index (κ2) is 6.04. The number of hydrogen-bond acceptors (Lipinski definition) is 5.